The number of nitro benzene ring substituents is 1. The predicted octanol–water partition coefficient (Wildman–Crippen LogP) is 4.19. The lowest BCUT2D eigenvalue weighted by Gasteiger charge is -2.36. The number of benzene rings is 1. The van der Waals surface area contributed by atoms with Crippen LogP contribution in [0.5, 0.6) is 0 Å². The van der Waals surface area contributed by atoms with E-state index >= 15 is 0 Å². The van der Waals surface area contributed by atoms with Crippen molar-refractivity contribution >= 4 is 28.7 Å². The Morgan fingerprint density at radius 3 is 2.38 bits per heavy atom. The Kier molecular flexibility index (Phi) is 6.55. The lowest BCUT2D eigenvalue weighted by molar-refractivity contribution is -0.384. The molecule has 0 saturated carbocycles. The Bertz CT molecular complexity index is 497. The van der Waals surface area contributed by atoms with E-state index in [1.54, 1.807) is 12.1 Å². The van der Waals surface area contributed by atoms with Crippen LogP contribution in [0.2, 0.25) is 0 Å². The second-order valence-electron chi connectivity index (χ2n) is 5.16. The molecule has 0 bridgehead atoms. The van der Waals surface area contributed by atoms with Gasteiger partial charge in [-0.15, -0.1) is 0 Å². The summed E-state index contributed by atoms with van der Waals surface area (Å²) in [6.45, 7) is 8.51. The smallest absolute Gasteiger partial charge is 0.271 e. The molecule has 0 amide bonds. The van der Waals surface area contributed by atoms with Crippen molar-refractivity contribution in [3.63, 3.8) is 0 Å². The number of rotatable bonds is 6. The number of anilines is 1. The zero-order chi connectivity index (χ0) is 16.0. The quantitative estimate of drug-likeness (QED) is 0.485. The molecule has 1 aromatic rings. The van der Waals surface area contributed by atoms with E-state index in [1.165, 1.54) is 12.1 Å². The third-order valence-corrected chi connectivity index (χ3v) is 3.99. The van der Waals surface area contributed by atoms with Gasteiger partial charge in [-0.05, 0) is 45.0 Å². The SMILES string of the molecule is CCC(C)N(C(=S)Nc1cccc([N+](=O)[O-])c1)C(C)CC. The maximum Gasteiger partial charge on any atom is 0.271 e. The van der Waals surface area contributed by atoms with Gasteiger partial charge in [0, 0.05) is 29.9 Å². The van der Waals surface area contributed by atoms with Crippen molar-refractivity contribution in [1.82, 2.24) is 4.90 Å². The van der Waals surface area contributed by atoms with Crippen LogP contribution in [0, 0.1) is 10.1 Å². The van der Waals surface area contributed by atoms with Gasteiger partial charge >= 0.3 is 0 Å². The second-order valence-corrected chi connectivity index (χ2v) is 5.55. The summed E-state index contributed by atoms with van der Waals surface area (Å²) in [7, 11) is 0. The van der Waals surface area contributed by atoms with Crippen LogP contribution in [0.25, 0.3) is 0 Å². The Hall–Kier alpha value is -1.69. The molecule has 6 heteroatoms. The fourth-order valence-electron chi connectivity index (χ4n) is 2.11. The van der Waals surface area contributed by atoms with E-state index in [-0.39, 0.29) is 5.69 Å². The topological polar surface area (TPSA) is 58.4 Å². The molecule has 2 atom stereocenters. The molecular weight excluding hydrogens is 286 g/mol. The first-order valence-electron chi connectivity index (χ1n) is 7.24. The molecule has 116 valence electrons. The number of thiocarbonyl (C=S) groups is 1. The van der Waals surface area contributed by atoms with Gasteiger partial charge in [-0.25, -0.2) is 0 Å². The van der Waals surface area contributed by atoms with Gasteiger partial charge < -0.3 is 10.2 Å². The number of nitrogens with one attached hydrogen (secondary N) is 1. The maximum absolute atomic E-state index is 10.8. The van der Waals surface area contributed by atoms with Crippen LogP contribution in [0.15, 0.2) is 24.3 Å². The van der Waals surface area contributed by atoms with Gasteiger partial charge in [0.25, 0.3) is 5.69 Å². The van der Waals surface area contributed by atoms with Crippen molar-refractivity contribution in [2.45, 2.75) is 52.6 Å². The van der Waals surface area contributed by atoms with E-state index in [4.69, 9.17) is 12.2 Å². The van der Waals surface area contributed by atoms with Crippen molar-refractivity contribution in [3.8, 4) is 0 Å². The Balaban J connectivity index is 2.91. The minimum atomic E-state index is -0.407. The molecule has 2 unspecified atom stereocenters. The van der Waals surface area contributed by atoms with Gasteiger partial charge in [-0.3, -0.25) is 10.1 Å². The first kappa shape index (κ1) is 17.4. The van der Waals surface area contributed by atoms with Gasteiger partial charge in [0.05, 0.1) is 4.92 Å². The summed E-state index contributed by atoms with van der Waals surface area (Å²) < 4.78 is 0. The van der Waals surface area contributed by atoms with Crippen LogP contribution in [0.3, 0.4) is 0 Å². The maximum atomic E-state index is 10.8. The van der Waals surface area contributed by atoms with E-state index in [9.17, 15) is 10.1 Å². The Morgan fingerprint density at radius 2 is 1.90 bits per heavy atom. The normalized spacial score (nSPS) is 13.3. The summed E-state index contributed by atoms with van der Waals surface area (Å²) in [5, 5.41) is 14.5. The van der Waals surface area contributed by atoms with Crippen molar-refractivity contribution in [2.24, 2.45) is 0 Å². The molecule has 0 radical (unpaired) electrons. The molecule has 1 aromatic carbocycles. The summed E-state index contributed by atoms with van der Waals surface area (Å²) in [6, 6.07) is 7.04. The molecule has 1 N–H and O–H groups in total. The molecule has 5 nitrogen and oxygen atoms in total. The van der Waals surface area contributed by atoms with Gasteiger partial charge in [-0.2, -0.15) is 0 Å². The van der Waals surface area contributed by atoms with Crippen LogP contribution in [0.1, 0.15) is 40.5 Å². The third-order valence-electron chi connectivity index (χ3n) is 3.67. The number of nitro groups is 1. The van der Waals surface area contributed by atoms with Crippen LogP contribution >= 0.6 is 12.2 Å². The summed E-state index contributed by atoms with van der Waals surface area (Å²) in [5.74, 6) is 0. The lowest BCUT2D eigenvalue weighted by atomic mass is 10.1. The van der Waals surface area contributed by atoms with Crippen molar-refractivity contribution in [1.29, 1.82) is 0 Å². The zero-order valence-electron chi connectivity index (χ0n) is 13.0. The number of nitrogens with zero attached hydrogens (tertiary/aromatic N) is 2. The van der Waals surface area contributed by atoms with Crippen LogP contribution in [-0.4, -0.2) is 27.0 Å². The highest BCUT2D eigenvalue weighted by atomic mass is 32.1. The second kappa shape index (κ2) is 7.93. The van der Waals surface area contributed by atoms with E-state index in [1.807, 2.05) is 0 Å². The molecule has 21 heavy (non-hydrogen) atoms. The van der Waals surface area contributed by atoms with Gasteiger partial charge in [0.1, 0.15) is 0 Å². The molecule has 0 aliphatic heterocycles. The molecule has 0 aliphatic carbocycles. The number of hydrogen-bond acceptors (Lipinski definition) is 3. The van der Waals surface area contributed by atoms with Crippen molar-refractivity contribution < 1.29 is 4.92 Å². The fourth-order valence-corrected chi connectivity index (χ4v) is 2.59. The first-order valence-corrected chi connectivity index (χ1v) is 7.65. The van der Waals surface area contributed by atoms with Gasteiger partial charge in [0.2, 0.25) is 0 Å². The molecule has 1 rings (SSSR count). The molecule has 0 fully saturated rings. The third kappa shape index (κ3) is 4.67. The summed E-state index contributed by atoms with van der Waals surface area (Å²) in [4.78, 5) is 12.6. The lowest BCUT2D eigenvalue weighted by Crippen LogP contribution is -2.46. The standard InChI is InChI=1S/C15H23N3O2S/c1-5-11(3)17(12(4)6-2)15(21)16-13-8-7-9-14(10-13)18(19)20/h7-12H,5-6H2,1-4H3,(H,16,21). The average Bonchev–Trinajstić information content (AvgIpc) is 2.47. The molecule has 0 aromatic heterocycles. The molecule has 0 saturated heterocycles. The Labute approximate surface area is 131 Å². The summed E-state index contributed by atoms with van der Waals surface area (Å²) in [6.07, 6.45) is 1.97. The number of hydrogen-bond donors (Lipinski definition) is 1. The van der Waals surface area contributed by atoms with E-state index in [0.29, 0.717) is 22.9 Å². The van der Waals surface area contributed by atoms with Gasteiger partial charge in [-0.1, -0.05) is 19.9 Å². The molecular formula is C15H23N3O2S. The van der Waals surface area contributed by atoms with Crippen LogP contribution in [-0.2, 0) is 0 Å². The predicted molar refractivity (Wildman–Crippen MR) is 90.7 cm³/mol. The summed E-state index contributed by atoms with van der Waals surface area (Å²) >= 11 is 5.50. The summed E-state index contributed by atoms with van der Waals surface area (Å²) in [5.41, 5.74) is 0.701. The molecule has 0 spiro atoms. The monoisotopic (exact) mass is 309 g/mol. The van der Waals surface area contributed by atoms with Crippen molar-refractivity contribution in [3.05, 3.63) is 34.4 Å². The fraction of sp³-hybridized carbons (Fsp3) is 0.533. The van der Waals surface area contributed by atoms with Gasteiger partial charge in [0.15, 0.2) is 5.11 Å². The molecule has 0 heterocycles. The van der Waals surface area contributed by atoms with Crippen LogP contribution < -0.4 is 5.32 Å². The molecule has 0 aliphatic rings. The highest BCUT2D eigenvalue weighted by molar-refractivity contribution is 7.80. The van der Waals surface area contributed by atoms with E-state index < -0.39 is 4.92 Å². The minimum absolute atomic E-state index is 0.0569. The largest absolute Gasteiger partial charge is 0.344 e. The zero-order valence-corrected chi connectivity index (χ0v) is 13.8. The van der Waals surface area contributed by atoms with E-state index in [2.05, 4.69) is 37.9 Å². The average molecular weight is 309 g/mol. The minimum Gasteiger partial charge on any atom is -0.344 e. The van der Waals surface area contributed by atoms with Crippen molar-refractivity contribution in [2.75, 3.05) is 5.32 Å². The Morgan fingerprint density at radius 1 is 1.33 bits per heavy atom. The van der Waals surface area contributed by atoms with Crippen LogP contribution in [0.4, 0.5) is 11.4 Å². The highest BCUT2D eigenvalue weighted by Gasteiger charge is 2.21. The number of non-ortho nitro benzene ring substituents is 1. The first-order chi connectivity index (χ1) is 9.90. The van der Waals surface area contributed by atoms with E-state index in [0.717, 1.165) is 12.8 Å². The highest BCUT2D eigenvalue weighted by Crippen LogP contribution is 2.19.